The third kappa shape index (κ3) is 3.99. The van der Waals surface area contributed by atoms with E-state index in [2.05, 4.69) is 23.1 Å². The zero-order valence-electron chi connectivity index (χ0n) is 15.3. The van der Waals surface area contributed by atoms with E-state index in [1.54, 1.807) is 0 Å². The monoisotopic (exact) mass is 367 g/mol. The van der Waals surface area contributed by atoms with Crippen LogP contribution >= 0.6 is 0 Å². The van der Waals surface area contributed by atoms with Crippen molar-refractivity contribution in [1.82, 2.24) is 4.90 Å². The van der Waals surface area contributed by atoms with Gasteiger partial charge < -0.3 is 19.5 Å². The number of hydrogen-bond acceptors (Lipinski definition) is 4. The van der Waals surface area contributed by atoms with Gasteiger partial charge in [0.05, 0.1) is 12.5 Å². The number of rotatable bonds is 5. The second-order valence-corrected chi connectivity index (χ2v) is 7.25. The van der Waals surface area contributed by atoms with Gasteiger partial charge in [-0.15, -0.1) is 0 Å². The number of aliphatic carboxylic acids is 1. The minimum Gasteiger partial charge on any atom is -0.488 e. The molecule has 0 spiro atoms. The number of carboxylic acid groups (broad SMARTS) is 1. The van der Waals surface area contributed by atoms with Gasteiger partial charge in [-0.25, -0.2) is 0 Å². The highest BCUT2D eigenvalue weighted by atomic mass is 16.5. The van der Waals surface area contributed by atoms with Crippen LogP contribution in [0.25, 0.3) is 0 Å². The topological polar surface area (TPSA) is 59.0 Å². The van der Waals surface area contributed by atoms with Gasteiger partial charge in [-0.05, 0) is 36.6 Å². The third-order valence-electron chi connectivity index (χ3n) is 5.47. The molecule has 1 unspecified atom stereocenters. The van der Waals surface area contributed by atoms with Crippen LogP contribution in [0.2, 0.25) is 0 Å². The van der Waals surface area contributed by atoms with E-state index in [1.807, 2.05) is 30.3 Å². The standard InChI is InChI=1S/C22H25NO4/c24-22(25)16-7-5-11-23(14-16)12-13-26-21-18-8-2-1-6-17(18)15-27-20-10-4-3-9-19(20)21/h1-4,6,8-10,16,21H,5,7,11-15H2,(H,24,25)/t16-,21?/m1/s1. The lowest BCUT2D eigenvalue weighted by Crippen LogP contribution is -2.40. The predicted octanol–water partition coefficient (Wildman–Crippen LogP) is 3.48. The summed E-state index contributed by atoms with van der Waals surface area (Å²) in [7, 11) is 0. The van der Waals surface area contributed by atoms with E-state index < -0.39 is 5.97 Å². The number of carboxylic acids is 1. The number of benzene rings is 2. The Bertz CT molecular complexity index is 759. The maximum absolute atomic E-state index is 11.3. The van der Waals surface area contributed by atoms with Crippen molar-refractivity contribution in [2.75, 3.05) is 26.2 Å². The summed E-state index contributed by atoms with van der Waals surface area (Å²) in [6, 6.07) is 16.3. The number of nitrogens with zero attached hydrogens (tertiary/aromatic N) is 1. The molecule has 2 aromatic carbocycles. The fourth-order valence-electron chi connectivity index (χ4n) is 4.01. The molecule has 0 amide bonds. The van der Waals surface area contributed by atoms with Crippen molar-refractivity contribution in [3.63, 3.8) is 0 Å². The number of carbonyl (C=O) groups is 1. The molecule has 5 nitrogen and oxygen atoms in total. The Morgan fingerprint density at radius 1 is 1.15 bits per heavy atom. The van der Waals surface area contributed by atoms with Crippen LogP contribution in [0.3, 0.4) is 0 Å². The minimum atomic E-state index is -0.690. The van der Waals surface area contributed by atoms with Crippen LogP contribution in [-0.2, 0) is 16.1 Å². The normalized spacial score (nSPS) is 22.2. The second-order valence-electron chi connectivity index (χ2n) is 7.25. The number of para-hydroxylation sites is 1. The van der Waals surface area contributed by atoms with Gasteiger partial charge in [0.25, 0.3) is 0 Å². The summed E-state index contributed by atoms with van der Waals surface area (Å²) in [6.45, 7) is 3.39. The van der Waals surface area contributed by atoms with Crippen LogP contribution in [0.5, 0.6) is 5.75 Å². The highest BCUT2D eigenvalue weighted by molar-refractivity contribution is 5.70. The first-order valence-electron chi connectivity index (χ1n) is 9.58. The number of hydrogen-bond donors (Lipinski definition) is 1. The number of ether oxygens (including phenoxy) is 2. The van der Waals surface area contributed by atoms with Gasteiger partial charge in [0, 0.05) is 18.7 Å². The SMILES string of the molecule is O=C(O)[C@@H]1CCCN(CCOC2c3ccccc3COc3ccccc32)C1. The fourth-order valence-corrected chi connectivity index (χ4v) is 4.01. The summed E-state index contributed by atoms with van der Waals surface area (Å²) < 4.78 is 12.3. The molecule has 1 N–H and O–H groups in total. The molecule has 2 aliphatic rings. The molecule has 0 radical (unpaired) electrons. The Morgan fingerprint density at radius 3 is 2.78 bits per heavy atom. The lowest BCUT2D eigenvalue weighted by molar-refractivity contribution is -0.143. The molecule has 142 valence electrons. The number of fused-ring (bicyclic) bond motifs is 2. The largest absolute Gasteiger partial charge is 0.488 e. The van der Waals surface area contributed by atoms with Crippen LogP contribution in [0.4, 0.5) is 0 Å². The molecule has 0 bridgehead atoms. The molecule has 2 heterocycles. The number of piperidine rings is 1. The van der Waals surface area contributed by atoms with E-state index in [4.69, 9.17) is 9.47 Å². The molecule has 1 fully saturated rings. The molecule has 5 heteroatoms. The molecular formula is C22H25NO4. The van der Waals surface area contributed by atoms with Crippen molar-refractivity contribution < 1.29 is 19.4 Å². The average molecular weight is 367 g/mol. The molecule has 2 aromatic rings. The van der Waals surface area contributed by atoms with Crippen LogP contribution in [-0.4, -0.2) is 42.2 Å². The van der Waals surface area contributed by atoms with E-state index in [-0.39, 0.29) is 12.0 Å². The Balaban J connectivity index is 1.47. The van der Waals surface area contributed by atoms with Crippen LogP contribution < -0.4 is 4.74 Å². The van der Waals surface area contributed by atoms with Gasteiger partial charge in [0.2, 0.25) is 0 Å². The molecule has 4 rings (SSSR count). The molecule has 2 aliphatic heterocycles. The Hall–Kier alpha value is -2.37. The summed E-state index contributed by atoms with van der Waals surface area (Å²) >= 11 is 0. The van der Waals surface area contributed by atoms with E-state index in [9.17, 15) is 9.90 Å². The molecule has 27 heavy (non-hydrogen) atoms. The van der Waals surface area contributed by atoms with Gasteiger partial charge in [-0.2, -0.15) is 0 Å². The van der Waals surface area contributed by atoms with Crippen molar-refractivity contribution in [2.24, 2.45) is 5.92 Å². The molecule has 0 saturated carbocycles. The zero-order chi connectivity index (χ0) is 18.6. The molecule has 1 saturated heterocycles. The van der Waals surface area contributed by atoms with Crippen LogP contribution in [0.1, 0.15) is 35.6 Å². The minimum absolute atomic E-state index is 0.167. The van der Waals surface area contributed by atoms with E-state index in [0.29, 0.717) is 19.8 Å². The lowest BCUT2D eigenvalue weighted by atomic mass is 9.97. The third-order valence-corrected chi connectivity index (χ3v) is 5.47. The van der Waals surface area contributed by atoms with Crippen molar-refractivity contribution in [1.29, 1.82) is 0 Å². The summed E-state index contributed by atoms with van der Waals surface area (Å²) in [5.74, 6) is -0.0847. The quantitative estimate of drug-likeness (QED) is 0.877. The van der Waals surface area contributed by atoms with Gasteiger partial charge in [-0.3, -0.25) is 4.79 Å². The maximum Gasteiger partial charge on any atom is 0.307 e. The first kappa shape index (κ1) is 18.0. The number of likely N-dealkylation sites (tertiary alicyclic amines) is 1. The fraction of sp³-hybridized carbons (Fsp3) is 0.409. The predicted molar refractivity (Wildman–Crippen MR) is 102 cm³/mol. The van der Waals surface area contributed by atoms with Crippen molar-refractivity contribution in [3.8, 4) is 5.75 Å². The van der Waals surface area contributed by atoms with Crippen LogP contribution in [0.15, 0.2) is 48.5 Å². The molecular weight excluding hydrogens is 342 g/mol. The Morgan fingerprint density at radius 2 is 1.93 bits per heavy atom. The van der Waals surface area contributed by atoms with Crippen molar-refractivity contribution in [3.05, 3.63) is 65.2 Å². The summed E-state index contributed by atoms with van der Waals surface area (Å²) in [4.78, 5) is 13.5. The first-order chi connectivity index (χ1) is 13.2. The van der Waals surface area contributed by atoms with Gasteiger partial charge >= 0.3 is 5.97 Å². The summed E-state index contributed by atoms with van der Waals surface area (Å²) in [6.07, 6.45) is 1.53. The van der Waals surface area contributed by atoms with Crippen LogP contribution in [0, 0.1) is 5.92 Å². The highest BCUT2D eigenvalue weighted by Gasteiger charge is 2.27. The van der Waals surface area contributed by atoms with Gasteiger partial charge in [0.15, 0.2) is 0 Å². The van der Waals surface area contributed by atoms with Gasteiger partial charge in [-0.1, -0.05) is 42.5 Å². The smallest absolute Gasteiger partial charge is 0.307 e. The lowest BCUT2D eigenvalue weighted by Gasteiger charge is -2.31. The zero-order valence-corrected chi connectivity index (χ0v) is 15.3. The average Bonchev–Trinajstić information content (AvgIpc) is 2.86. The second kappa shape index (κ2) is 8.11. The van der Waals surface area contributed by atoms with Gasteiger partial charge in [0.1, 0.15) is 18.5 Å². The first-order valence-corrected chi connectivity index (χ1v) is 9.58. The highest BCUT2D eigenvalue weighted by Crippen LogP contribution is 2.37. The van der Waals surface area contributed by atoms with E-state index in [1.165, 1.54) is 0 Å². The maximum atomic E-state index is 11.3. The summed E-state index contributed by atoms with van der Waals surface area (Å²) in [5, 5.41) is 9.26. The molecule has 0 aromatic heterocycles. The Labute approximate surface area is 159 Å². The van der Waals surface area contributed by atoms with E-state index >= 15 is 0 Å². The summed E-state index contributed by atoms with van der Waals surface area (Å²) in [5.41, 5.74) is 3.33. The van der Waals surface area contributed by atoms with Crippen molar-refractivity contribution in [2.45, 2.75) is 25.6 Å². The molecule has 0 aliphatic carbocycles. The molecule has 2 atom stereocenters. The van der Waals surface area contributed by atoms with Crippen molar-refractivity contribution >= 4 is 5.97 Å². The Kier molecular flexibility index (Phi) is 5.41. The van der Waals surface area contributed by atoms with E-state index in [0.717, 1.165) is 48.4 Å².